The van der Waals surface area contributed by atoms with E-state index in [0.717, 1.165) is 25.3 Å². The molecule has 6 nitrogen and oxygen atoms in total. The van der Waals surface area contributed by atoms with Gasteiger partial charge >= 0.3 is 0 Å². The fourth-order valence-corrected chi connectivity index (χ4v) is 3.51. The van der Waals surface area contributed by atoms with Gasteiger partial charge in [-0.15, -0.1) is 0 Å². The molecule has 3 heterocycles. The quantitative estimate of drug-likeness (QED) is 0.840. The van der Waals surface area contributed by atoms with Crippen molar-refractivity contribution < 1.29 is 9.59 Å². The molecule has 0 spiro atoms. The van der Waals surface area contributed by atoms with Crippen LogP contribution >= 0.6 is 0 Å². The van der Waals surface area contributed by atoms with E-state index in [1.807, 2.05) is 9.80 Å². The van der Waals surface area contributed by atoms with Gasteiger partial charge < -0.3 is 9.80 Å². The van der Waals surface area contributed by atoms with E-state index in [1.54, 1.807) is 18.5 Å². The van der Waals surface area contributed by atoms with Gasteiger partial charge in [-0.2, -0.15) is 0 Å². The van der Waals surface area contributed by atoms with Crippen LogP contribution in [-0.2, 0) is 9.59 Å². The molecule has 0 aromatic carbocycles. The molecule has 3 rings (SSSR count). The predicted octanol–water partition coefficient (Wildman–Crippen LogP) is 1.30. The first kappa shape index (κ1) is 15.9. The van der Waals surface area contributed by atoms with E-state index >= 15 is 0 Å². The van der Waals surface area contributed by atoms with Crippen molar-refractivity contribution in [3.8, 4) is 0 Å². The lowest BCUT2D eigenvalue weighted by Gasteiger charge is -2.22. The summed E-state index contributed by atoms with van der Waals surface area (Å²) >= 11 is 0. The fourth-order valence-electron chi connectivity index (χ4n) is 3.51. The Kier molecular flexibility index (Phi) is 4.59. The summed E-state index contributed by atoms with van der Waals surface area (Å²) in [6.07, 6.45) is 4.74. The molecule has 0 N–H and O–H groups in total. The lowest BCUT2D eigenvalue weighted by Crippen LogP contribution is -2.36. The SMILES string of the molecule is CC(C)CN1CC(C(=O)N2CCC(c3ncccn3)C2)CC1=O. The number of hydrogen-bond donors (Lipinski definition) is 0. The van der Waals surface area contributed by atoms with Gasteiger partial charge in [0.15, 0.2) is 0 Å². The third kappa shape index (κ3) is 3.51. The van der Waals surface area contributed by atoms with Crippen LogP contribution in [0.25, 0.3) is 0 Å². The van der Waals surface area contributed by atoms with E-state index in [9.17, 15) is 9.59 Å². The molecule has 0 bridgehead atoms. The maximum absolute atomic E-state index is 12.7. The fraction of sp³-hybridized carbons (Fsp3) is 0.647. The predicted molar refractivity (Wildman–Crippen MR) is 85.5 cm³/mol. The van der Waals surface area contributed by atoms with Gasteiger partial charge in [0.25, 0.3) is 0 Å². The van der Waals surface area contributed by atoms with Gasteiger partial charge in [0.2, 0.25) is 11.8 Å². The van der Waals surface area contributed by atoms with Crippen molar-refractivity contribution in [1.29, 1.82) is 0 Å². The summed E-state index contributed by atoms with van der Waals surface area (Å²) in [5.74, 6) is 1.49. The first-order chi connectivity index (χ1) is 11.0. The summed E-state index contributed by atoms with van der Waals surface area (Å²) in [7, 11) is 0. The number of aromatic nitrogens is 2. The van der Waals surface area contributed by atoms with Gasteiger partial charge in [0, 0.05) is 50.9 Å². The second-order valence-electron chi connectivity index (χ2n) is 6.97. The summed E-state index contributed by atoms with van der Waals surface area (Å²) in [5.41, 5.74) is 0. The molecule has 2 aliphatic rings. The number of likely N-dealkylation sites (tertiary alicyclic amines) is 2. The molecular weight excluding hydrogens is 292 g/mol. The lowest BCUT2D eigenvalue weighted by molar-refractivity contribution is -0.134. The van der Waals surface area contributed by atoms with Crippen LogP contribution in [0, 0.1) is 11.8 Å². The molecule has 0 aliphatic carbocycles. The molecule has 0 radical (unpaired) electrons. The van der Waals surface area contributed by atoms with E-state index in [-0.39, 0.29) is 23.7 Å². The monoisotopic (exact) mass is 316 g/mol. The van der Waals surface area contributed by atoms with Gasteiger partial charge in [-0.05, 0) is 18.4 Å². The largest absolute Gasteiger partial charge is 0.342 e. The van der Waals surface area contributed by atoms with Crippen LogP contribution < -0.4 is 0 Å². The average molecular weight is 316 g/mol. The van der Waals surface area contributed by atoms with E-state index < -0.39 is 0 Å². The second kappa shape index (κ2) is 6.64. The van der Waals surface area contributed by atoms with Gasteiger partial charge in [0.05, 0.1) is 5.92 Å². The smallest absolute Gasteiger partial charge is 0.228 e. The van der Waals surface area contributed by atoms with Crippen molar-refractivity contribution >= 4 is 11.8 Å². The Hall–Kier alpha value is -1.98. The normalized spacial score (nSPS) is 24.7. The minimum absolute atomic E-state index is 0.110. The number of nitrogens with zero attached hydrogens (tertiary/aromatic N) is 4. The van der Waals surface area contributed by atoms with Crippen LogP contribution in [0.2, 0.25) is 0 Å². The zero-order valence-corrected chi connectivity index (χ0v) is 13.8. The number of amides is 2. The second-order valence-corrected chi connectivity index (χ2v) is 6.97. The number of carbonyl (C=O) groups is 2. The highest BCUT2D eigenvalue weighted by Gasteiger charge is 2.39. The molecule has 1 aromatic rings. The summed E-state index contributed by atoms with van der Waals surface area (Å²) < 4.78 is 0. The molecule has 1 aromatic heterocycles. The molecule has 0 saturated carbocycles. The minimum Gasteiger partial charge on any atom is -0.342 e. The highest BCUT2D eigenvalue weighted by molar-refractivity contribution is 5.89. The Morgan fingerprint density at radius 3 is 2.74 bits per heavy atom. The van der Waals surface area contributed by atoms with Gasteiger partial charge in [-0.3, -0.25) is 9.59 Å². The Bertz CT molecular complexity index is 575. The molecule has 124 valence electrons. The molecule has 2 amide bonds. The molecular formula is C17H24N4O2. The standard InChI is InChI=1S/C17H24N4O2/c1-12(2)9-21-11-14(8-15(21)22)17(23)20-7-4-13(10-20)16-18-5-3-6-19-16/h3,5-6,12-14H,4,7-11H2,1-2H3. The van der Waals surface area contributed by atoms with Crippen LogP contribution in [0.1, 0.15) is 38.4 Å². The number of hydrogen-bond acceptors (Lipinski definition) is 4. The van der Waals surface area contributed by atoms with E-state index in [2.05, 4.69) is 23.8 Å². The zero-order chi connectivity index (χ0) is 16.4. The van der Waals surface area contributed by atoms with Crippen LogP contribution in [-0.4, -0.2) is 57.8 Å². The molecule has 2 aliphatic heterocycles. The first-order valence-electron chi connectivity index (χ1n) is 8.38. The maximum atomic E-state index is 12.7. The van der Waals surface area contributed by atoms with Crippen molar-refractivity contribution in [2.45, 2.75) is 32.6 Å². The highest BCUT2D eigenvalue weighted by Crippen LogP contribution is 2.28. The van der Waals surface area contributed by atoms with Gasteiger partial charge in [0.1, 0.15) is 5.82 Å². The van der Waals surface area contributed by atoms with E-state index in [0.29, 0.717) is 25.4 Å². The van der Waals surface area contributed by atoms with E-state index in [1.165, 1.54) is 0 Å². The maximum Gasteiger partial charge on any atom is 0.228 e. The number of carbonyl (C=O) groups excluding carboxylic acids is 2. The zero-order valence-electron chi connectivity index (χ0n) is 13.8. The summed E-state index contributed by atoms with van der Waals surface area (Å²) in [6.45, 7) is 6.89. The average Bonchev–Trinajstić information content (AvgIpc) is 3.15. The van der Waals surface area contributed by atoms with Crippen molar-refractivity contribution in [2.75, 3.05) is 26.2 Å². The van der Waals surface area contributed by atoms with Crippen molar-refractivity contribution in [2.24, 2.45) is 11.8 Å². The van der Waals surface area contributed by atoms with Crippen molar-refractivity contribution in [3.63, 3.8) is 0 Å². The summed E-state index contributed by atoms with van der Waals surface area (Å²) in [5, 5.41) is 0. The third-order valence-corrected chi connectivity index (χ3v) is 4.60. The summed E-state index contributed by atoms with van der Waals surface area (Å²) in [4.78, 5) is 37.1. The van der Waals surface area contributed by atoms with Crippen molar-refractivity contribution in [1.82, 2.24) is 19.8 Å². The topological polar surface area (TPSA) is 66.4 Å². The molecule has 23 heavy (non-hydrogen) atoms. The Labute approximate surface area is 136 Å². The highest BCUT2D eigenvalue weighted by atomic mass is 16.2. The Balaban J connectivity index is 1.58. The lowest BCUT2D eigenvalue weighted by atomic mass is 10.1. The molecule has 6 heteroatoms. The van der Waals surface area contributed by atoms with Crippen LogP contribution in [0.3, 0.4) is 0 Å². The van der Waals surface area contributed by atoms with Crippen LogP contribution in [0.4, 0.5) is 0 Å². The van der Waals surface area contributed by atoms with Gasteiger partial charge in [-0.1, -0.05) is 13.8 Å². The molecule has 2 fully saturated rings. The van der Waals surface area contributed by atoms with Crippen LogP contribution in [0.15, 0.2) is 18.5 Å². The van der Waals surface area contributed by atoms with E-state index in [4.69, 9.17) is 0 Å². The molecule has 2 atom stereocenters. The summed E-state index contributed by atoms with van der Waals surface area (Å²) in [6, 6.07) is 1.80. The van der Waals surface area contributed by atoms with Gasteiger partial charge in [-0.25, -0.2) is 9.97 Å². The Morgan fingerprint density at radius 2 is 2.04 bits per heavy atom. The first-order valence-corrected chi connectivity index (χ1v) is 8.38. The molecule has 2 unspecified atom stereocenters. The third-order valence-electron chi connectivity index (χ3n) is 4.60. The van der Waals surface area contributed by atoms with Crippen LogP contribution in [0.5, 0.6) is 0 Å². The van der Waals surface area contributed by atoms with Crippen molar-refractivity contribution in [3.05, 3.63) is 24.3 Å². The Morgan fingerprint density at radius 1 is 1.30 bits per heavy atom. The minimum atomic E-state index is -0.184. The molecule has 2 saturated heterocycles. The number of rotatable bonds is 4.